The molecule has 21 heavy (non-hydrogen) atoms. The van der Waals surface area contributed by atoms with Crippen molar-refractivity contribution in [2.75, 3.05) is 12.8 Å². The molecule has 3 heteroatoms. The van der Waals surface area contributed by atoms with Crippen molar-refractivity contribution in [2.45, 2.75) is 69.4 Å². The van der Waals surface area contributed by atoms with Crippen LogP contribution in [0.2, 0.25) is 0 Å². The summed E-state index contributed by atoms with van der Waals surface area (Å²) >= 11 is 1.73. The quantitative estimate of drug-likeness (QED) is 0.456. The van der Waals surface area contributed by atoms with Gasteiger partial charge in [0.1, 0.15) is 0 Å². The van der Waals surface area contributed by atoms with Crippen LogP contribution in [0.4, 0.5) is 0 Å². The normalized spacial score (nSPS) is 14.1. The average molecular weight is 310 g/mol. The van der Waals surface area contributed by atoms with Gasteiger partial charge in [-0.3, -0.25) is 0 Å². The number of rotatable bonds is 11. The molecule has 0 radical (unpaired) electrons. The number of thioether (sulfide) groups is 1. The molecule has 1 aromatic carbocycles. The van der Waals surface area contributed by atoms with E-state index >= 15 is 0 Å². The van der Waals surface area contributed by atoms with E-state index < -0.39 is 6.10 Å². The second kappa shape index (κ2) is 11.1. The van der Waals surface area contributed by atoms with Gasteiger partial charge in [-0.1, -0.05) is 51.2 Å². The summed E-state index contributed by atoms with van der Waals surface area (Å²) in [6, 6.07) is 8.30. The lowest BCUT2D eigenvalue weighted by atomic mass is 10.0. The highest BCUT2D eigenvalue weighted by molar-refractivity contribution is 7.98. The van der Waals surface area contributed by atoms with Gasteiger partial charge in [0.2, 0.25) is 0 Å². The van der Waals surface area contributed by atoms with Crippen LogP contribution in [0, 0.1) is 0 Å². The lowest BCUT2D eigenvalue weighted by molar-refractivity contribution is 0.136. The van der Waals surface area contributed by atoms with Gasteiger partial charge < -0.3 is 10.4 Å². The highest BCUT2D eigenvalue weighted by Gasteiger charge is 2.15. The number of hydrogen-bond acceptors (Lipinski definition) is 3. The van der Waals surface area contributed by atoms with Gasteiger partial charge in [-0.25, -0.2) is 0 Å². The van der Waals surface area contributed by atoms with Gasteiger partial charge in [0.05, 0.1) is 6.10 Å². The number of aliphatic hydroxyl groups excluding tert-OH is 1. The molecule has 0 heterocycles. The Morgan fingerprint density at radius 2 is 1.67 bits per heavy atom. The molecule has 120 valence electrons. The minimum absolute atomic E-state index is 0.0979. The fourth-order valence-electron chi connectivity index (χ4n) is 2.44. The third-order valence-electron chi connectivity index (χ3n) is 3.93. The largest absolute Gasteiger partial charge is 0.387 e. The predicted molar refractivity (Wildman–Crippen MR) is 94.0 cm³/mol. The first-order valence-electron chi connectivity index (χ1n) is 8.24. The third kappa shape index (κ3) is 7.35. The van der Waals surface area contributed by atoms with E-state index in [4.69, 9.17) is 0 Å². The van der Waals surface area contributed by atoms with E-state index in [0.29, 0.717) is 0 Å². The standard InChI is InChI=1S/C18H31NOS/c1-4-5-6-7-8-9-14-19-15(2)18(20)16-10-12-17(21-3)13-11-16/h10-13,15,18-20H,4-9,14H2,1-3H3. The van der Waals surface area contributed by atoms with Crippen LogP contribution in [0.5, 0.6) is 0 Å². The second-order valence-electron chi connectivity index (χ2n) is 5.73. The molecule has 0 amide bonds. The Morgan fingerprint density at radius 1 is 1.05 bits per heavy atom. The summed E-state index contributed by atoms with van der Waals surface area (Å²) in [5.74, 6) is 0. The molecule has 0 aliphatic carbocycles. The Labute approximate surface area is 134 Å². The van der Waals surface area contributed by atoms with Gasteiger partial charge >= 0.3 is 0 Å². The van der Waals surface area contributed by atoms with Crippen LogP contribution >= 0.6 is 11.8 Å². The molecule has 2 N–H and O–H groups in total. The summed E-state index contributed by atoms with van der Waals surface area (Å²) in [6.07, 6.45) is 9.48. The third-order valence-corrected chi connectivity index (χ3v) is 4.67. The molecule has 0 saturated heterocycles. The van der Waals surface area contributed by atoms with Crippen LogP contribution < -0.4 is 5.32 Å². The average Bonchev–Trinajstić information content (AvgIpc) is 2.53. The molecule has 0 aliphatic rings. The monoisotopic (exact) mass is 309 g/mol. The van der Waals surface area contributed by atoms with Crippen molar-refractivity contribution < 1.29 is 5.11 Å². The minimum atomic E-state index is -0.430. The van der Waals surface area contributed by atoms with Crippen molar-refractivity contribution in [1.29, 1.82) is 0 Å². The summed E-state index contributed by atoms with van der Waals surface area (Å²) < 4.78 is 0. The lowest BCUT2D eigenvalue weighted by Crippen LogP contribution is -2.32. The molecule has 1 rings (SSSR count). The SMILES string of the molecule is CCCCCCCCNC(C)C(O)c1ccc(SC)cc1. The smallest absolute Gasteiger partial charge is 0.0940 e. The van der Waals surface area contributed by atoms with E-state index in [2.05, 4.69) is 37.6 Å². The van der Waals surface area contributed by atoms with E-state index in [1.807, 2.05) is 12.1 Å². The van der Waals surface area contributed by atoms with Crippen LogP contribution in [0.3, 0.4) is 0 Å². The van der Waals surface area contributed by atoms with Gasteiger partial charge in [-0.15, -0.1) is 11.8 Å². The number of aliphatic hydroxyl groups is 1. The zero-order valence-electron chi connectivity index (χ0n) is 13.8. The maximum absolute atomic E-state index is 10.4. The molecule has 0 bridgehead atoms. The Balaban J connectivity index is 2.22. The highest BCUT2D eigenvalue weighted by Crippen LogP contribution is 2.21. The van der Waals surface area contributed by atoms with Gasteiger partial charge in [0.25, 0.3) is 0 Å². The van der Waals surface area contributed by atoms with Crippen LogP contribution in [0.25, 0.3) is 0 Å². The maximum Gasteiger partial charge on any atom is 0.0940 e. The summed E-state index contributed by atoms with van der Waals surface area (Å²) in [5.41, 5.74) is 0.996. The molecule has 1 aromatic rings. The van der Waals surface area contributed by atoms with Gasteiger partial charge in [0, 0.05) is 10.9 Å². The van der Waals surface area contributed by atoms with Crippen molar-refractivity contribution in [2.24, 2.45) is 0 Å². The number of nitrogens with one attached hydrogen (secondary N) is 1. The van der Waals surface area contributed by atoms with Crippen LogP contribution in [0.1, 0.15) is 64.0 Å². The maximum atomic E-state index is 10.4. The van der Waals surface area contributed by atoms with E-state index in [1.54, 1.807) is 11.8 Å². The van der Waals surface area contributed by atoms with Crippen molar-refractivity contribution in [3.8, 4) is 0 Å². The molecular formula is C18H31NOS. The first-order chi connectivity index (χ1) is 10.2. The van der Waals surface area contributed by atoms with Crippen LogP contribution in [-0.2, 0) is 0 Å². The molecule has 2 nitrogen and oxygen atoms in total. The Hall–Kier alpha value is -0.510. The Bertz CT molecular complexity index is 366. The van der Waals surface area contributed by atoms with E-state index in [1.165, 1.54) is 43.4 Å². The Morgan fingerprint density at radius 3 is 2.29 bits per heavy atom. The first kappa shape index (κ1) is 18.5. The van der Waals surface area contributed by atoms with Gasteiger partial charge in [-0.2, -0.15) is 0 Å². The highest BCUT2D eigenvalue weighted by atomic mass is 32.2. The molecule has 0 fully saturated rings. The topological polar surface area (TPSA) is 32.3 Å². The first-order valence-corrected chi connectivity index (χ1v) is 9.47. The zero-order valence-corrected chi connectivity index (χ0v) is 14.6. The number of hydrogen-bond donors (Lipinski definition) is 2. The Kier molecular flexibility index (Phi) is 9.81. The van der Waals surface area contributed by atoms with Gasteiger partial charge in [0.15, 0.2) is 0 Å². The molecule has 2 unspecified atom stereocenters. The van der Waals surface area contributed by atoms with Crippen molar-refractivity contribution in [3.05, 3.63) is 29.8 Å². The number of unbranched alkanes of at least 4 members (excludes halogenated alkanes) is 5. The lowest BCUT2D eigenvalue weighted by Gasteiger charge is -2.21. The summed E-state index contributed by atoms with van der Waals surface area (Å²) in [6.45, 7) is 5.30. The van der Waals surface area contributed by atoms with Crippen molar-refractivity contribution in [1.82, 2.24) is 5.32 Å². The predicted octanol–water partition coefficient (Wildman–Crippen LogP) is 4.78. The summed E-state index contributed by atoms with van der Waals surface area (Å²) in [5, 5.41) is 13.8. The fourth-order valence-corrected chi connectivity index (χ4v) is 2.84. The van der Waals surface area contributed by atoms with Gasteiger partial charge in [-0.05, 0) is 43.8 Å². The fraction of sp³-hybridized carbons (Fsp3) is 0.667. The summed E-state index contributed by atoms with van der Waals surface area (Å²) in [4.78, 5) is 1.23. The van der Waals surface area contributed by atoms with Crippen LogP contribution in [0.15, 0.2) is 29.2 Å². The second-order valence-corrected chi connectivity index (χ2v) is 6.61. The molecular weight excluding hydrogens is 278 g/mol. The molecule has 0 aliphatic heterocycles. The molecule has 2 atom stereocenters. The molecule has 0 aromatic heterocycles. The molecule has 0 spiro atoms. The minimum Gasteiger partial charge on any atom is -0.387 e. The van der Waals surface area contributed by atoms with Crippen molar-refractivity contribution in [3.63, 3.8) is 0 Å². The summed E-state index contributed by atoms with van der Waals surface area (Å²) in [7, 11) is 0. The molecule has 0 saturated carbocycles. The van der Waals surface area contributed by atoms with Crippen LogP contribution in [-0.4, -0.2) is 23.9 Å². The van der Waals surface area contributed by atoms with E-state index in [9.17, 15) is 5.11 Å². The zero-order chi connectivity index (χ0) is 15.5. The van der Waals surface area contributed by atoms with E-state index in [-0.39, 0.29) is 6.04 Å². The van der Waals surface area contributed by atoms with Crippen molar-refractivity contribution >= 4 is 11.8 Å². The number of benzene rings is 1. The van der Waals surface area contributed by atoms with E-state index in [0.717, 1.165) is 12.1 Å².